The van der Waals surface area contributed by atoms with Crippen LogP contribution in [0, 0.1) is 11.6 Å². The van der Waals surface area contributed by atoms with Crippen LogP contribution in [-0.2, 0) is 4.79 Å². The van der Waals surface area contributed by atoms with Crippen molar-refractivity contribution in [3.05, 3.63) is 65.2 Å². The van der Waals surface area contributed by atoms with Crippen LogP contribution in [0.1, 0.15) is 43.2 Å². The topological polar surface area (TPSA) is 65.5 Å². The number of halogens is 3. The number of anilines is 1. The summed E-state index contributed by atoms with van der Waals surface area (Å²) in [4.78, 5) is 16.5. The predicted molar refractivity (Wildman–Crippen MR) is 127 cm³/mol. The fraction of sp³-hybridized carbons (Fsp3) is 0.364. The smallest absolute Gasteiger partial charge is 0.225 e. The second kappa shape index (κ2) is 11.2. The zero-order chi connectivity index (χ0) is 20.8. The number of benzene rings is 2. The van der Waals surface area contributed by atoms with E-state index in [0.717, 1.165) is 17.3 Å². The third-order valence-electron chi connectivity index (χ3n) is 4.98. The highest BCUT2D eigenvalue weighted by atomic mass is 127. The van der Waals surface area contributed by atoms with E-state index in [2.05, 4.69) is 20.9 Å². The van der Waals surface area contributed by atoms with E-state index in [0.29, 0.717) is 37.6 Å². The summed E-state index contributed by atoms with van der Waals surface area (Å²) in [6, 6.07) is 11.4. The number of para-hydroxylation sites is 1. The van der Waals surface area contributed by atoms with Gasteiger partial charge in [-0.2, -0.15) is 0 Å². The molecule has 0 aliphatic carbocycles. The van der Waals surface area contributed by atoms with Gasteiger partial charge in [0.1, 0.15) is 11.6 Å². The molecule has 2 aromatic carbocycles. The van der Waals surface area contributed by atoms with Gasteiger partial charge in [-0.15, -0.1) is 24.0 Å². The Morgan fingerprint density at radius 1 is 1.23 bits per heavy atom. The quantitative estimate of drug-likeness (QED) is 0.297. The van der Waals surface area contributed by atoms with Crippen molar-refractivity contribution >= 4 is 41.5 Å². The first kappa shape index (κ1) is 24.0. The number of guanidine groups is 1. The highest BCUT2D eigenvalue weighted by Crippen LogP contribution is 2.31. The maximum atomic E-state index is 14.0. The Balaban J connectivity index is 0.00000320. The molecule has 2 unspecified atom stereocenters. The van der Waals surface area contributed by atoms with Gasteiger partial charge in [-0.05, 0) is 30.2 Å². The molecule has 0 aromatic heterocycles. The number of amides is 1. The molecule has 1 amide bonds. The maximum absolute atomic E-state index is 14.0. The first-order valence-corrected chi connectivity index (χ1v) is 9.83. The molecule has 1 heterocycles. The lowest BCUT2D eigenvalue weighted by Crippen LogP contribution is -2.41. The Morgan fingerprint density at radius 2 is 2.00 bits per heavy atom. The first-order valence-electron chi connectivity index (χ1n) is 9.83. The highest BCUT2D eigenvalue weighted by molar-refractivity contribution is 14.0. The lowest BCUT2D eigenvalue weighted by molar-refractivity contribution is -0.116. The van der Waals surface area contributed by atoms with E-state index >= 15 is 0 Å². The molecule has 0 spiro atoms. The number of rotatable bonds is 6. The van der Waals surface area contributed by atoms with Gasteiger partial charge in [0.05, 0.1) is 0 Å². The molecule has 162 valence electrons. The van der Waals surface area contributed by atoms with Crippen molar-refractivity contribution in [1.82, 2.24) is 10.6 Å². The summed E-state index contributed by atoms with van der Waals surface area (Å²) in [5.74, 6) is -0.713. The molecule has 0 saturated carbocycles. The van der Waals surface area contributed by atoms with Crippen LogP contribution in [0.5, 0.6) is 0 Å². The molecule has 1 aliphatic rings. The summed E-state index contributed by atoms with van der Waals surface area (Å²) in [6.45, 7) is 5.39. The van der Waals surface area contributed by atoms with Gasteiger partial charge in [-0.3, -0.25) is 9.79 Å². The number of nitrogens with zero attached hydrogens (tertiary/aromatic N) is 1. The van der Waals surface area contributed by atoms with Crippen LogP contribution in [-0.4, -0.2) is 31.5 Å². The molecule has 0 fully saturated rings. The number of aliphatic imine (C=N–C) groups is 1. The number of hydrogen-bond acceptors (Lipinski definition) is 2. The molecule has 0 bridgehead atoms. The standard InChI is InChI=1S/C22H26F2N4O.HI/c1-3-25-22(26-12-14(2)17-9-8-16(23)11-19(17)24)27-13-15-10-21(29)28-20-7-5-4-6-18(15)20;/h4-9,11,14-15H,3,10,12-13H2,1-2H3,(H,28,29)(H2,25,26,27);1H. The second-order valence-electron chi connectivity index (χ2n) is 7.20. The van der Waals surface area contributed by atoms with Gasteiger partial charge in [-0.1, -0.05) is 31.2 Å². The van der Waals surface area contributed by atoms with Gasteiger partial charge >= 0.3 is 0 Å². The van der Waals surface area contributed by atoms with Crippen molar-refractivity contribution < 1.29 is 13.6 Å². The molecule has 8 heteroatoms. The average molecular weight is 528 g/mol. The van der Waals surface area contributed by atoms with Crippen LogP contribution in [0.3, 0.4) is 0 Å². The predicted octanol–water partition coefficient (Wildman–Crippen LogP) is 4.37. The number of hydrogen-bond donors (Lipinski definition) is 3. The zero-order valence-electron chi connectivity index (χ0n) is 17.0. The fourth-order valence-electron chi connectivity index (χ4n) is 3.47. The largest absolute Gasteiger partial charge is 0.357 e. The summed E-state index contributed by atoms with van der Waals surface area (Å²) < 4.78 is 27.1. The van der Waals surface area contributed by atoms with Gasteiger partial charge in [-0.25, -0.2) is 8.78 Å². The molecule has 30 heavy (non-hydrogen) atoms. The second-order valence-corrected chi connectivity index (χ2v) is 7.20. The molecule has 1 aliphatic heterocycles. The van der Waals surface area contributed by atoms with Crippen molar-refractivity contribution in [3.63, 3.8) is 0 Å². The minimum Gasteiger partial charge on any atom is -0.357 e. The zero-order valence-corrected chi connectivity index (χ0v) is 19.4. The molecular formula is C22H27F2IN4O. The Bertz CT molecular complexity index is 906. The third-order valence-corrected chi connectivity index (χ3v) is 4.98. The number of carbonyl (C=O) groups excluding carboxylic acids is 1. The summed E-state index contributed by atoms with van der Waals surface area (Å²) in [5.41, 5.74) is 2.37. The van der Waals surface area contributed by atoms with Crippen molar-refractivity contribution in [1.29, 1.82) is 0 Å². The lowest BCUT2D eigenvalue weighted by atomic mass is 9.90. The van der Waals surface area contributed by atoms with E-state index in [-0.39, 0.29) is 41.7 Å². The number of carbonyl (C=O) groups is 1. The fourth-order valence-corrected chi connectivity index (χ4v) is 3.47. The SMILES string of the molecule is CCNC(=NCC(C)c1ccc(F)cc1F)NCC1CC(=O)Nc2ccccc21.I. The molecule has 3 rings (SSSR count). The van der Waals surface area contributed by atoms with E-state index < -0.39 is 11.6 Å². The van der Waals surface area contributed by atoms with Gasteiger partial charge < -0.3 is 16.0 Å². The summed E-state index contributed by atoms with van der Waals surface area (Å²) in [7, 11) is 0. The molecule has 0 saturated heterocycles. The number of nitrogens with one attached hydrogen (secondary N) is 3. The molecule has 3 N–H and O–H groups in total. The van der Waals surface area contributed by atoms with Crippen molar-refractivity contribution in [3.8, 4) is 0 Å². The Hall–Kier alpha value is -2.23. The minimum absolute atomic E-state index is 0. The van der Waals surface area contributed by atoms with Gasteiger partial charge in [0, 0.05) is 49.6 Å². The van der Waals surface area contributed by atoms with Crippen LogP contribution in [0.2, 0.25) is 0 Å². The third kappa shape index (κ3) is 6.13. The Kier molecular flexibility index (Phi) is 9.01. The van der Waals surface area contributed by atoms with Crippen molar-refractivity contribution in [2.75, 3.05) is 25.0 Å². The number of fused-ring (bicyclic) bond motifs is 1. The van der Waals surface area contributed by atoms with Crippen LogP contribution >= 0.6 is 24.0 Å². The lowest BCUT2D eigenvalue weighted by Gasteiger charge is -2.26. The Labute approximate surface area is 192 Å². The minimum atomic E-state index is -0.589. The van der Waals surface area contributed by atoms with Crippen LogP contribution in [0.25, 0.3) is 0 Å². The van der Waals surface area contributed by atoms with E-state index in [4.69, 9.17) is 0 Å². The summed E-state index contributed by atoms with van der Waals surface area (Å²) >= 11 is 0. The van der Waals surface area contributed by atoms with E-state index in [1.165, 1.54) is 12.1 Å². The van der Waals surface area contributed by atoms with E-state index in [1.54, 1.807) is 0 Å². The average Bonchev–Trinajstić information content (AvgIpc) is 2.69. The monoisotopic (exact) mass is 528 g/mol. The Morgan fingerprint density at radius 3 is 2.73 bits per heavy atom. The van der Waals surface area contributed by atoms with Crippen molar-refractivity contribution in [2.24, 2.45) is 4.99 Å². The van der Waals surface area contributed by atoms with E-state index in [1.807, 2.05) is 38.1 Å². The van der Waals surface area contributed by atoms with Gasteiger partial charge in [0.15, 0.2) is 5.96 Å². The van der Waals surface area contributed by atoms with Crippen LogP contribution < -0.4 is 16.0 Å². The van der Waals surface area contributed by atoms with Gasteiger partial charge in [0.2, 0.25) is 5.91 Å². The first-order chi connectivity index (χ1) is 14.0. The summed E-state index contributed by atoms with van der Waals surface area (Å²) in [6.07, 6.45) is 0.403. The van der Waals surface area contributed by atoms with Crippen LogP contribution in [0.15, 0.2) is 47.5 Å². The molecule has 0 radical (unpaired) electrons. The van der Waals surface area contributed by atoms with Gasteiger partial charge in [0.25, 0.3) is 0 Å². The molecular weight excluding hydrogens is 501 g/mol. The highest BCUT2D eigenvalue weighted by Gasteiger charge is 2.24. The van der Waals surface area contributed by atoms with Crippen molar-refractivity contribution in [2.45, 2.75) is 32.1 Å². The maximum Gasteiger partial charge on any atom is 0.225 e. The summed E-state index contributed by atoms with van der Waals surface area (Å²) in [5, 5.41) is 9.36. The normalized spacial score (nSPS) is 16.7. The van der Waals surface area contributed by atoms with Crippen LogP contribution in [0.4, 0.5) is 14.5 Å². The molecule has 2 atom stereocenters. The van der Waals surface area contributed by atoms with E-state index in [9.17, 15) is 13.6 Å². The molecule has 5 nitrogen and oxygen atoms in total. The molecule has 2 aromatic rings.